The van der Waals surface area contributed by atoms with Gasteiger partial charge in [0.15, 0.2) is 0 Å². The molecule has 1 aliphatic rings. The molecule has 1 heterocycles. The lowest BCUT2D eigenvalue weighted by molar-refractivity contribution is 0.426. The molecule has 1 aliphatic carbocycles. The topological polar surface area (TPSA) is 37.8 Å². The van der Waals surface area contributed by atoms with Crippen LogP contribution in [-0.2, 0) is 6.54 Å². The van der Waals surface area contributed by atoms with Gasteiger partial charge in [-0.15, -0.1) is 0 Å². The maximum absolute atomic E-state index is 4.80. The van der Waals surface area contributed by atoms with Crippen LogP contribution in [0.15, 0.2) is 0 Å². The first-order valence-electron chi connectivity index (χ1n) is 8.12. The van der Waals surface area contributed by atoms with Gasteiger partial charge in [0, 0.05) is 29.4 Å². The lowest BCUT2D eigenvalue weighted by Gasteiger charge is -2.22. The second-order valence-corrected chi connectivity index (χ2v) is 6.59. The standard InChI is InChI=1S/C17H29N3/c1-12(2)10-18-11-16-13(3)19-17(20-14(16)4)15-8-6-5-7-9-15/h12,15,18H,5-11H2,1-4H3. The van der Waals surface area contributed by atoms with Gasteiger partial charge in [-0.1, -0.05) is 33.1 Å². The van der Waals surface area contributed by atoms with Crippen LogP contribution in [0.5, 0.6) is 0 Å². The lowest BCUT2D eigenvalue weighted by atomic mass is 9.88. The summed E-state index contributed by atoms with van der Waals surface area (Å²) < 4.78 is 0. The van der Waals surface area contributed by atoms with E-state index in [4.69, 9.17) is 9.97 Å². The molecule has 2 rings (SSSR count). The number of hydrogen-bond donors (Lipinski definition) is 1. The minimum absolute atomic E-state index is 0.596. The molecular weight excluding hydrogens is 246 g/mol. The van der Waals surface area contributed by atoms with Crippen LogP contribution in [0.4, 0.5) is 0 Å². The van der Waals surface area contributed by atoms with Crippen molar-refractivity contribution in [1.82, 2.24) is 15.3 Å². The number of aromatic nitrogens is 2. The summed E-state index contributed by atoms with van der Waals surface area (Å²) >= 11 is 0. The highest BCUT2D eigenvalue weighted by atomic mass is 14.9. The summed E-state index contributed by atoms with van der Waals surface area (Å²) in [5.74, 6) is 2.36. The van der Waals surface area contributed by atoms with E-state index >= 15 is 0 Å². The predicted molar refractivity (Wildman–Crippen MR) is 83.9 cm³/mol. The van der Waals surface area contributed by atoms with Gasteiger partial charge in [-0.05, 0) is 39.2 Å². The van der Waals surface area contributed by atoms with E-state index in [9.17, 15) is 0 Å². The van der Waals surface area contributed by atoms with Crippen molar-refractivity contribution in [1.29, 1.82) is 0 Å². The molecule has 0 atom stereocenters. The van der Waals surface area contributed by atoms with Gasteiger partial charge in [-0.25, -0.2) is 9.97 Å². The van der Waals surface area contributed by atoms with Crippen molar-refractivity contribution in [2.45, 2.75) is 72.3 Å². The molecule has 0 unspecified atom stereocenters. The molecule has 1 saturated carbocycles. The SMILES string of the molecule is Cc1nc(C2CCCCC2)nc(C)c1CNCC(C)C. The summed E-state index contributed by atoms with van der Waals surface area (Å²) in [5.41, 5.74) is 3.61. The minimum Gasteiger partial charge on any atom is -0.312 e. The van der Waals surface area contributed by atoms with Crippen LogP contribution in [0.3, 0.4) is 0 Å². The second-order valence-electron chi connectivity index (χ2n) is 6.59. The minimum atomic E-state index is 0.596. The molecule has 3 nitrogen and oxygen atoms in total. The number of nitrogens with one attached hydrogen (secondary N) is 1. The number of nitrogens with zero attached hydrogens (tertiary/aromatic N) is 2. The summed E-state index contributed by atoms with van der Waals surface area (Å²) in [5, 5.41) is 3.50. The average molecular weight is 275 g/mol. The number of hydrogen-bond acceptors (Lipinski definition) is 3. The van der Waals surface area contributed by atoms with Crippen LogP contribution in [0.1, 0.15) is 74.6 Å². The third kappa shape index (κ3) is 4.02. The Kier molecular flexibility index (Phi) is 5.53. The molecule has 0 bridgehead atoms. The zero-order chi connectivity index (χ0) is 14.5. The molecular formula is C17H29N3. The highest BCUT2D eigenvalue weighted by Crippen LogP contribution is 2.31. The van der Waals surface area contributed by atoms with Gasteiger partial charge < -0.3 is 5.32 Å². The first kappa shape index (κ1) is 15.4. The Morgan fingerprint density at radius 1 is 1.05 bits per heavy atom. The maximum Gasteiger partial charge on any atom is 0.131 e. The Morgan fingerprint density at radius 3 is 2.20 bits per heavy atom. The maximum atomic E-state index is 4.80. The van der Waals surface area contributed by atoms with Crippen LogP contribution in [-0.4, -0.2) is 16.5 Å². The fourth-order valence-electron chi connectivity index (χ4n) is 3.05. The van der Waals surface area contributed by atoms with Crippen molar-refractivity contribution < 1.29 is 0 Å². The van der Waals surface area contributed by atoms with E-state index in [0.717, 1.165) is 30.3 Å². The average Bonchev–Trinajstić information content (AvgIpc) is 2.42. The first-order chi connectivity index (χ1) is 9.58. The van der Waals surface area contributed by atoms with Gasteiger partial charge in [0.2, 0.25) is 0 Å². The smallest absolute Gasteiger partial charge is 0.131 e. The van der Waals surface area contributed by atoms with E-state index < -0.39 is 0 Å². The zero-order valence-corrected chi connectivity index (χ0v) is 13.5. The Hall–Kier alpha value is -0.960. The van der Waals surface area contributed by atoms with Gasteiger partial charge in [0.1, 0.15) is 5.82 Å². The Morgan fingerprint density at radius 2 is 1.65 bits per heavy atom. The van der Waals surface area contributed by atoms with Crippen molar-refractivity contribution in [3.63, 3.8) is 0 Å². The van der Waals surface area contributed by atoms with Gasteiger partial charge in [0.05, 0.1) is 0 Å². The Balaban J connectivity index is 2.07. The third-order valence-corrected chi connectivity index (χ3v) is 4.26. The molecule has 0 spiro atoms. The van der Waals surface area contributed by atoms with Gasteiger partial charge in [-0.2, -0.15) is 0 Å². The van der Waals surface area contributed by atoms with Crippen molar-refractivity contribution in [2.75, 3.05) is 6.54 Å². The summed E-state index contributed by atoms with van der Waals surface area (Å²) in [6.45, 7) is 10.7. The fraction of sp³-hybridized carbons (Fsp3) is 0.765. The summed E-state index contributed by atoms with van der Waals surface area (Å²) in [6, 6.07) is 0. The quantitative estimate of drug-likeness (QED) is 0.886. The molecule has 0 aliphatic heterocycles. The van der Waals surface area contributed by atoms with E-state index in [1.165, 1.54) is 37.7 Å². The predicted octanol–water partition coefficient (Wildman–Crippen LogP) is 3.89. The van der Waals surface area contributed by atoms with Crippen molar-refractivity contribution in [3.8, 4) is 0 Å². The van der Waals surface area contributed by atoms with Crippen molar-refractivity contribution >= 4 is 0 Å². The largest absolute Gasteiger partial charge is 0.312 e. The highest BCUT2D eigenvalue weighted by molar-refractivity contribution is 5.25. The van der Waals surface area contributed by atoms with Gasteiger partial charge >= 0.3 is 0 Å². The molecule has 1 fully saturated rings. The van der Waals surface area contributed by atoms with E-state index in [1.807, 2.05) is 0 Å². The van der Waals surface area contributed by atoms with Crippen LogP contribution < -0.4 is 5.32 Å². The van der Waals surface area contributed by atoms with E-state index in [2.05, 4.69) is 33.0 Å². The fourth-order valence-corrected chi connectivity index (χ4v) is 3.05. The van der Waals surface area contributed by atoms with Crippen molar-refractivity contribution in [2.24, 2.45) is 5.92 Å². The normalized spacial score (nSPS) is 16.9. The van der Waals surface area contributed by atoms with Gasteiger partial charge in [0.25, 0.3) is 0 Å². The molecule has 0 aromatic carbocycles. The van der Waals surface area contributed by atoms with Crippen LogP contribution in [0.25, 0.3) is 0 Å². The van der Waals surface area contributed by atoms with Crippen LogP contribution in [0.2, 0.25) is 0 Å². The van der Waals surface area contributed by atoms with Crippen molar-refractivity contribution in [3.05, 3.63) is 22.8 Å². The summed E-state index contributed by atoms with van der Waals surface area (Å²) in [7, 11) is 0. The Labute approximate surface area is 123 Å². The summed E-state index contributed by atoms with van der Waals surface area (Å²) in [6.07, 6.45) is 6.59. The number of rotatable bonds is 5. The molecule has 3 heteroatoms. The molecule has 0 amide bonds. The second kappa shape index (κ2) is 7.16. The Bertz CT molecular complexity index is 411. The molecule has 112 valence electrons. The molecule has 1 aromatic heterocycles. The van der Waals surface area contributed by atoms with Crippen LogP contribution in [0, 0.1) is 19.8 Å². The monoisotopic (exact) mass is 275 g/mol. The molecule has 1 aromatic rings. The van der Waals surface area contributed by atoms with E-state index in [0.29, 0.717) is 11.8 Å². The van der Waals surface area contributed by atoms with Crippen LogP contribution >= 0.6 is 0 Å². The highest BCUT2D eigenvalue weighted by Gasteiger charge is 2.19. The first-order valence-corrected chi connectivity index (χ1v) is 8.12. The molecule has 20 heavy (non-hydrogen) atoms. The molecule has 0 radical (unpaired) electrons. The number of aryl methyl sites for hydroxylation is 2. The molecule has 0 saturated heterocycles. The zero-order valence-electron chi connectivity index (χ0n) is 13.5. The third-order valence-electron chi connectivity index (χ3n) is 4.26. The molecule has 1 N–H and O–H groups in total. The summed E-state index contributed by atoms with van der Waals surface area (Å²) in [4.78, 5) is 9.61. The lowest BCUT2D eigenvalue weighted by Crippen LogP contribution is -2.21. The van der Waals surface area contributed by atoms with E-state index in [1.54, 1.807) is 0 Å². The van der Waals surface area contributed by atoms with Gasteiger partial charge in [-0.3, -0.25) is 0 Å². The van der Waals surface area contributed by atoms with E-state index in [-0.39, 0.29) is 0 Å².